The molecule has 0 radical (unpaired) electrons. The number of benzene rings is 1. The summed E-state index contributed by atoms with van der Waals surface area (Å²) in [4.78, 5) is 41.7. The fourth-order valence-electron chi connectivity index (χ4n) is 3.17. The second-order valence-electron chi connectivity index (χ2n) is 6.70. The van der Waals surface area contributed by atoms with Crippen molar-refractivity contribution in [1.82, 2.24) is 29.8 Å². The highest BCUT2D eigenvalue weighted by molar-refractivity contribution is 5.89. The molecular formula is C19H20N6O5. The molecule has 11 nitrogen and oxygen atoms in total. The van der Waals surface area contributed by atoms with Crippen molar-refractivity contribution in [3.05, 3.63) is 57.1 Å². The standard InChI is InChI=1S/C19H20N6O5/c1-2-24-18(27)14(22-25(19(24)28)12-7-4-3-5-8-12)15-21-17(30-23-15)16(26)20-11-13-9-6-10-29-13/h3-5,7-8,13H,2,6,9-11H2,1H3,(H,20,26)/t13-/m0/s1. The molecule has 2 aromatic heterocycles. The van der Waals surface area contributed by atoms with Crippen LogP contribution in [-0.2, 0) is 11.3 Å². The van der Waals surface area contributed by atoms with Gasteiger partial charge in [-0.25, -0.2) is 4.79 Å². The number of amides is 1. The molecule has 1 aliphatic heterocycles. The van der Waals surface area contributed by atoms with Crippen molar-refractivity contribution in [2.45, 2.75) is 32.4 Å². The maximum absolute atomic E-state index is 12.7. The Bertz CT molecular complexity index is 1160. The van der Waals surface area contributed by atoms with E-state index in [9.17, 15) is 14.4 Å². The molecule has 0 aliphatic carbocycles. The lowest BCUT2D eigenvalue weighted by Gasteiger charge is -2.09. The van der Waals surface area contributed by atoms with Crippen LogP contribution in [0.15, 0.2) is 44.4 Å². The van der Waals surface area contributed by atoms with Crippen molar-refractivity contribution in [3.63, 3.8) is 0 Å². The van der Waals surface area contributed by atoms with Gasteiger partial charge in [-0.05, 0) is 31.9 Å². The summed E-state index contributed by atoms with van der Waals surface area (Å²) < 4.78 is 12.6. The fourth-order valence-corrected chi connectivity index (χ4v) is 3.17. The van der Waals surface area contributed by atoms with Gasteiger partial charge >= 0.3 is 17.5 Å². The minimum absolute atomic E-state index is 0.0378. The molecule has 1 saturated heterocycles. The van der Waals surface area contributed by atoms with Crippen molar-refractivity contribution >= 4 is 5.91 Å². The van der Waals surface area contributed by atoms with E-state index in [1.165, 1.54) is 0 Å². The second-order valence-corrected chi connectivity index (χ2v) is 6.70. The number of carbonyl (C=O) groups is 1. The van der Waals surface area contributed by atoms with Crippen molar-refractivity contribution in [3.8, 4) is 17.2 Å². The Hall–Kier alpha value is -3.60. The van der Waals surface area contributed by atoms with Gasteiger partial charge in [-0.3, -0.25) is 14.2 Å². The third kappa shape index (κ3) is 3.79. The number of hydrogen-bond donors (Lipinski definition) is 1. The van der Waals surface area contributed by atoms with Crippen LogP contribution in [0.4, 0.5) is 0 Å². The van der Waals surface area contributed by atoms with E-state index in [-0.39, 0.29) is 30.1 Å². The first kappa shape index (κ1) is 19.7. The number of nitrogens with zero attached hydrogens (tertiary/aromatic N) is 5. The topological polar surface area (TPSA) is 134 Å². The molecule has 0 saturated carbocycles. The Morgan fingerprint density at radius 3 is 2.77 bits per heavy atom. The van der Waals surface area contributed by atoms with Gasteiger partial charge in [-0.15, -0.1) is 0 Å². The van der Waals surface area contributed by atoms with Gasteiger partial charge in [0.25, 0.3) is 5.56 Å². The van der Waals surface area contributed by atoms with Crippen LogP contribution in [0.25, 0.3) is 17.2 Å². The quantitative estimate of drug-likeness (QED) is 0.614. The number of aromatic nitrogens is 5. The highest BCUT2D eigenvalue weighted by atomic mass is 16.5. The molecule has 156 valence electrons. The molecule has 1 fully saturated rings. The predicted octanol–water partition coefficient (Wildman–Crippen LogP) is 0.373. The molecule has 4 rings (SSSR count). The number of carbonyl (C=O) groups excluding carboxylic acids is 1. The van der Waals surface area contributed by atoms with Crippen LogP contribution >= 0.6 is 0 Å². The van der Waals surface area contributed by atoms with Crippen LogP contribution in [0, 0.1) is 0 Å². The Morgan fingerprint density at radius 2 is 2.07 bits per heavy atom. The van der Waals surface area contributed by atoms with Crippen molar-refractivity contribution in [2.24, 2.45) is 0 Å². The summed E-state index contributed by atoms with van der Waals surface area (Å²) in [6.07, 6.45) is 1.79. The molecule has 0 spiro atoms. The smallest absolute Gasteiger partial charge is 0.352 e. The number of rotatable bonds is 6. The van der Waals surface area contributed by atoms with E-state index in [1.54, 1.807) is 37.3 Å². The minimum atomic E-state index is -0.665. The Balaban J connectivity index is 1.66. The molecule has 0 bridgehead atoms. The van der Waals surface area contributed by atoms with Gasteiger partial charge in [0.2, 0.25) is 5.82 Å². The molecule has 1 aromatic carbocycles. The van der Waals surface area contributed by atoms with Gasteiger partial charge < -0.3 is 14.6 Å². The van der Waals surface area contributed by atoms with Crippen molar-refractivity contribution in [2.75, 3.05) is 13.2 Å². The number of hydrogen-bond acceptors (Lipinski definition) is 8. The van der Waals surface area contributed by atoms with Crippen LogP contribution in [0.1, 0.15) is 30.5 Å². The average Bonchev–Trinajstić information content (AvgIpc) is 3.46. The highest BCUT2D eigenvalue weighted by Crippen LogP contribution is 2.12. The lowest BCUT2D eigenvalue weighted by atomic mass is 10.2. The Kier molecular flexibility index (Phi) is 5.53. The fraction of sp³-hybridized carbons (Fsp3) is 0.368. The van der Waals surface area contributed by atoms with E-state index in [0.717, 1.165) is 22.1 Å². The molecule has 3 aromatic rings. The van der Waals surface area contributed by atoms with Gasteiger partial charge in [0.15, 0.2) is 5.69 Å². The van der Waals surface area contributed by atoms with Gasteiger partial charge in [-0.2, -0.15) is 14.8 Å². The summed E-state index contributed by atoms with van der Waals surface area (Å²) in [6, 6.07) is 8.66. The largest absolute Gasteiger partial charge is 0.376 e. The molecule has 1 N–H and O–H groups in total. The molecule has 3 heterocycles. The van der Waals surface area contributed by atoms with Gasteiger partial charge in [-0.1, -0.05) is 23.4 Å². The average molecular weight is 412 g/mol. The summed E-state index contributed by atoms with van der Waals surface area (Å²) in [6.45, 7) is 2.81. The maximum Gasteiger partial charge on any atom is 0.352 e. The first-order valence-electron chi connectivity index (χ1n) is 9.62. The van der Waals surface area contributed by atoms with Crippen LogP contribution < -0.4 is 16.6 Å². The van der Waals surface area contributed by atoms with Gasteiger partial charge in [0.05, 0.1) is 11.8 Å². The van der Waals surface area contributed by atoms with Crippen molar-refractivity contribution < 1.29 is 14.1 Å². The maximum atomic E-state index is 12.7. The summed E-state index contributed by atoms with van der Waals surface area (Å²) in [5.41, 5.74) is -0.969. The first-order valence-corrected chi connectivity index (χ1v) is 9.62. The summed E-state index contributed by atoms with van der Waals surface area (Å²) in [5.74, 6) is -1.05. The SMILES string of the molecule is CCn1c(=O)c(-c2noc(C(=O)NC[C@@H]3CCCO3)n2)nn(-c2ccccc2)c1=O. The third-order valence-electron chi connectivity index (χ3n) is 4.72. The zero-order valence-electron chi connectivity index (χ0n) is 16.3. The monoisotopic (exact) mass is 412 g/mol. The van der Waals surface area contributed by atoms with Crippen LogP contribution in [0.3, 0.4) is 0 Å². The van der Waals surface area contributed by atoms with E-state index in [4.69, 9.17) is 9.26 Å². The summed E-state index contributed by atoms with van der Waals surface area (Å²) in [7, 11) is 0. The summed E-state index contributed by atoms with van der Waals surface area (Å²) in [5, 5.41) is 10.5. The molecule has 11 heteroatoms. The van der Waals surface area contributed by atoms with Crippen LogP contribution in [-0.4, -0.2) is 49.7 Å². The van der Waals surface area contributed by atoms with E-state index < -0.39 is 17.2 Å². The lowest BCUT2D eigenvalue weighted by molar-refractivity contribution is 0.0822. The molecule has 1 atom stereocenters. The lowest BCUT2D eigenvalue weighted by Crippen LogP contribution is -2.41. The van der Waals surface area contributed by atoms with Crippen LogP contribution in [0.2, 0.25) is 0 Å². The van der Waals surface area contributed by atoms with E-state index >= 15 is 0 Å². The van der Waals surface area contributed by atoms with Gasteiger partial charge in [0.1, 0.15) is 0 Å². The molecule has 1 aliphatic rings. The van der Waals surface area contributed by atoms with E-state index in [0.29, 0.717) is 18.8 Å². The van der Waals surface area contributed by atoms with Crippen LogP contribution in [0.5, 0.6) is 0 Å². The highest BCUT2D eigenvalue weighted by Gasteiger charge is 2.23. The molecule has 0 unspecified atom stereocenters. The van der Waals surface area contributed by atoms with Gasteiger partial charge in [0, 0.05) is 19.7 Å². The molecule has 30 heavy (non-hydrogen) atoms. The number of nitrogens with one attached hydrogen (secondary N) is 1. The Labute approximate surface area is 170 Å². The zero-order chi connectivity index (χ0) is 21.1. The number of para-hydroxylation sites is 1. The normalized spacial score (nSPS) is 16.0. The first-order chi connectivity index (χ1) is 14.6. The predicted molar refractivity (Wildman–Crippen MR) is 104 cm³/mol. The van der Waals surface area contributed by atoms with E-state index in [2.05, 4.69) is 20.6 Å². The zero-order valence-corrected chi connectivity index (χ0v) is 16.3. The minimum Gasteiger partial charge on any atom is -0.376 e. The Morgan fingerprint density at radius 1 is 1.27 bits per heavy atom. The third-order valence-corrected chi connectivity index (χ3v) is 4.72. The summed E-state index contributed by atoms with van der Waals surface area (Å²) >= 11 is 0. The second kappa shape index (κ2) is 8.41. The molecule has 1 amide bonds. The van der Waals surface area contributed by atoms with Crippen molar-refractivity contribution in [1.29, 1.82) is 0 Å². The van der Waals surface area contributed by atoms with E-state index in [1.807, 2.05) is 0 Å². The number of ether oxygens (including phenoxy) is 1. The molecular weight excluding hydrogens is 392 g/mol.